The lowest BCUT2D eigenvalue weighted by atomic mass is 9.99. The molecule has 0 spiro atoms. The van der Waals surface area contributed by atoms with Crippen molar-refractivity contribution < 1.29 is 0 Å². The minimum atomic E-state index is 0.905. The van der Waals surface area contributed by atoms with Gasteiger partial charge < -0.3 is 5.32 Å². The molecule has 1 aromatic rings. The van der Waals surface area contributed by atoms with Gasteiger partial charge in [-0.15, -0.1) is 0 Å². The zero-order chi connectivity index (χ0) is 13.0. The fourth-order valence-corrected chi connectivity index (χ4v) is 3.05. The Morgan fingerprint density at radius 1 is 1.33 bits per heavy atom. The number of nitrogens with one attached hydrogen (secondary N) is 1. The molecule has 0 bridgehead atoms. The number of halogens is 1. The Bertz CT molecular complexity index is 384. The summed E-state index contributed by atoms with van der Waals surface area (Å²) in [5, 5.41) is 3.19. The van der Waals surface area contributed by atoms with Crippen LogP contribution >= 0.6 is 15.9 Å². The first-order valence-corrected chi connectivity index (χ1v) is 7.62. The summed E-state index contributed by atoms with van der Waals surface area (Å²) in [6, 6.07) is 6.72. The lowest BCUT2D eigenvalue weighted by molar-refractivity contribution is 0.185. The van der Waals surface area contributed by atoms with Gasteiger partial charge in [-0.2, -0.15) is 0 Å². The van der Waals surface area contributed by atoms with E-state index in [1.54, 1.807) is 0 Å². The normalized spacial score (nSPS) is 18.2. The van der Waals surface area contributed by atoms with Gasteiger partial charge >= 0.3 is 0 Å². The van der Waals surface area contributed by atoms with Gasteiger partial charge in [-0.1, -0.05) is 35.0 Å². The number of benzene rings is 1. The summed E-state index contributed by atoms with van der Waals surface area (Å²) in [4.78, 5) is 2.57. The van der Waals surface area contributed by atoms with E-state index in [9.17, 15) is 0 Å². The molecular weight excluding hydrogens is 288 g/mol. The third-order valence-corrected chi connectivity index (χ3v) is 4.51. The SMILES string of the molecule is CNCc1ccc(CN2CCC(C)CC2)c(Br)c1. The molecule has 0 radical (unpaired) electrons. The fraction of sp³-hybridized carbons (Fsp3) is 0.600. The zero-order valence-electron chi connectivity index (χ0n) is 11.4. The molecule has 3 heteroatoms. The van der Waals surface area contributed by atoms with Crippen molar-refractivity contribution in [2.24, 2.45) is 5.92 Å². The second-order valence-corrected chi connectivity index (χ2v) is 6.27. The van der Waals surface area contributed by atoms with E-state index in [4.69, 9.17) is 0 Å². The Hall–Kier alpha value is -0.380. The largest absolute Gasteiger partial charge is 0.316 e. The average molecular weight is 311 g/mol. The first-order valence-electron chi connectivity index (χ1n) is 6.83. The maximum absolute atomic E-state index is 3.70. The maximum atomic E-state index is 3.70. The summed E-state index contributed by atoms with van der Waals surface area (Å²) in [5.41, 5.74) is 2.74. The van der Waals surface area contributed by atoms with Gasteiger partial charge in [-0.3, -0.25) is 4.90 Å². The van der Waals surface area contributed by atoms with E-state index >= 15 is 0 Å². The van der Waals surface area contributed by atoms with Crippen LogP contribution in [-0.2, 0) is 13.1 Å². The van der Waals surface area contributed by atoms with Gasteiger partial charge in [0.25, 0.3) is 0 Å². The number of nitrogens with zero attached hydrogens (tertiary/aromatic N) is 1. The molecule has 0 amide bonds. The summed E-state index contributed by atoms with van der Waals surface area (Å²) in [6.07, 6.45) is 2.69. The molecule has 0 aliphatic carbocycles. The topological polar surface area (TPSA) is 15.3 Å². The summed E-state index contributed by atoms with van der Waals surface area (Å²) in [5.74, 6) is 0.905. The quantitative estimate of drug-likeness (QED) is 0.917. The van der Waals surface area contributed by atoms with Gasteiger partial charge in [0.1, 0.15) is 0 Å². The zero-order valence-corrected chi connectivity index (χ0v) is 13.0. The molecule has 0 aromatic heterocycles. The predicted octanol–water partition coefficient (Wildman–Crippen LogP) is 3.40. The van der Waals surface area contributed by atoms with Gasteiger partial charge in [0, 0.05) is 17.6 Å². The van der Waals surface area contributed by atoms with Crippen LogP contribution in [0.2, 0.25) is 0 Å². The molecular formula is C15H23BrN2. The maximum Gasteiger partial charge on any atom is 0.0244 e. The van der Waals surface area contributed by atoms with Crippen molar-refractivity contribution in [2.45, 2.75) is 32.9 Å². The lowest BCUT2D eigenvalue weighted by Crippen LogP contribution is -2.32. The van der Waals surface area contributed by atoms with Crippen LogP contribution in [0.1, 0.15) is 30.9 Å². The molecule has 1 aromatic carbocycles. The second kappa shape index (κ2) is 6.69. The molecule has 100 valence electrons. The molecule has 1 fully saturated rings. The van der Waals surface area contributed by atoms with E-state index in [0.29, 0.717) is 0 Å². The van der Waals surface area contributed by atoms with Crippen molar-refractivity contribution in [3.63, 3.8) is 0 Å². The number of likely N-dealkylation sites (tertiary alicyclic amines) is 1. The Kier molecular flexibility index (Phi) is 5.22. The predicted molar refractivity (Wildman–Crippen MR) is 80.6 cm³/mol. The van der Waals surface area contributed by atoms with Crippen LogP contribution in [0.4, 0.5) is 0 Å². The van der Waals surface area contributed by atoms with Crippen LogP contribution in [0.25, 0.3) is 0 Å². The number of hydrogen-bond donors (Lipinski definition) is 1. The smallest absolute Gasteiger partial charge is 0.0244 e. The molecule has 18 heavy (non-hydrogen) atoms. The van der Waals surface area contributed by atoms with Crippen molar-refractivity contribution in [1.82, 2.24) is 10.2 Å². The van der Waals surface area contributed by atoms with E-state index in [1.807, 2.05) is 7.05 Å². The molecule has 1 heterocycles. The number of piperidine rings is 1. The average Bonchev–Trinajstić information content (AvgIpc) is 2.36. The third kappa shape index (κ3) is 3.81. The van der Waals surface area contributed by atoms with E-state index in [2.05, 4.69) is 51.3 Å². The standard InChI is InChI=1S/C15H23BrN2/c1-12-5-7-18(8-6-12)11-14-4-3-13(10-17-2)9-15(14)16/h3-4,9,12,17H,5-8,10-11H2,1-2H3. The molecule has 1 saturated heterocycles. The van der Waals surface area contributed by atoms with E-state index < -0.39 is 0 Å². The lowest BCUT2D eigenvalue weighted by Gasteiger charge is -2.30. The highest BCUT2D eigenvalue weighted by Gasteiger charge is 2.16. The molecule has 0 saturated carbocycles. The van der Waals surface area contributed by atoms with Crippen molar-refractivity contribution in [3.8, 4) is 0 Å². The van der Waals surface area contributed by atoms with E-state index in [0.717, 1.165) is 19.0 Å². The highest BCUT2D eigenvalue weighted by molar-refractivity contribution is 9.10. The minimum Gasteiger partial charge on any atom is -0.316 e. The van der Waals surface area contributed by atoms with Gasteiger partial charge in [0.15, 0.2) is 0 Å². The summed E-state index contributed by atoms with van der Waals surface area (Å²) in [7, 11) is 1.98. The monoisotopic (exact) mass is 310 g/mol. The minimum absolute atomic E-state index is 0.905. The third-order valence-electron chi connectivity index (χ3n) is 3.77. The highest BCUT2D eigenvalue weighted by atomic mass is 79.9. The molecule has 1 N–H and O–H groups in total. The molecule has 1 aliphatic heterocycles. The van der Waals surface area contributed by atoms with E-state index in [-0.39, 0.29) is 0 Å². The van der Waals surface area contributed by atoms with Crippen LogP contribution in [0.3, 0.4) is 0 Å². The van der Waals surface area contributed by atoms with Gasteiger partial charge in [-0.05, 0) is 56.1 Å². The van der Waals surface area contributed by atoms with Crippen LogP contribution in [-0.4, -0.2) is 25.0 Å². The van der Waals surface area contributed by atoms with Gasteiger partial charge in [0.2, 0.25) is 0 Å². The molecule has 2 rings (SSSR count). The van der Waals surface area contributed by atoms with Crippen molar-refractivity contribution in [2.75, 3.05) is 20.1 Å². The van der Waals surface area contributed by atoms with Crippen LogP contribution in [0.15, 0.2) is 22.7 Å². The van der Waals surface area contributed by atoms with Crippen LogP contribution < -0.4 is 5.32 Å². The summed E-state index contributed by atoms with van der Waals surface area (Å²) >= 11 is 3.70. The number of hydrogen-bond acceptors (Lipinski definition) is 2. The Morgan fingerprint density at radius 3 is 2.67 bits per heavy atom. The Morgan fingerprint density at radius 2 is 2.06 bits per heavy atom. The molecule has 0 atom stereocenters. The molecule has 0 unspecified atom stereocenters. The van der Waals surface area contributed by atoms with Crippen molar-refractivity contribution in [1.29, 1.82) is 0 Å². The first kappa shape index (κ1) is 14.0. The van der Waals surface area contributed by atoms with Gasteiger partial charge in [0.05, 0.1) is 0 Å². The van der Waals surface area contributed by atoms with Crippen molar-refractivity contribution >= 4 is 15.9 Å². The van der Waals surface area contributed by atoms with Gasteiger partial charge in [-0.25, -0.2) is 0 Å². The van der Waals surface area contributed by atoms with E-state index in [1.165, 1.54) is 41.5 Å². The summed E-state index contributed by atoms with van der Waals surface area (Å²) in [6.45, 7) is 6.85. The summed E-state index contributed by atoms with van der Waals surface area (Å²) < 4.78 is 1.24. The number of rotatable bonds is 4. The van der Waals surface area contributed by atoms with Crippen LogP contribution in [0, 0.1) is 5.92 Å². The second-order valence-electron chi connectivity index (χ2n) is 5.41. The molecule has 1 aliphatic rings. The molecule has 2 nitrogen and oxygen atoms in total. The van der Waals surface area contributed by atoms with Crippen molar-refractivity contribution in [3.05, 3.63) is 33.8 Å². The fourth-order valence-electron chi connectivity index (χ4n) is 2.49. The first-order chi connectivity index (χ1) is 8.69. The Balaban J connectivity index is 1.96. The van der Waals surface area contributed by atoms with Crippen LogP contribution in [0.5, 0.6) is 0 Å². The Labute approximate surface area is 119 Å². The highest BCUT2D eigenvalue weighted by Crippen LogP contribution is 2.23.